The molecule has 114 valence electrons. The second kappa shape index (κ2) is 7.04. The van der Waals surface area contributed by atoms with Gasteiger partial charge in [0.2, 0.25) is 11.8 Å². The van der Waals surface area contributed by atoms with E-state index >= 15 is 0 Å². The molecule has 0 saturated carbocycles. The van der Waals surface area contributed by atoms with Gasteiger partial charge in [0.1, 0.15) is 11.6 Å². The van der Waals surface area contributed by atoms with Crippen LogP contribution in [0.1, 0.15) is 12.8 Å². The Hall–Kier alpha value is -2.40. The van der Waals surface area contributed by atoms with Crippen LogP contribution in [0.2, 0.25) is 0 Å². The van der Waals surface area contributed by atoms with Crippen molar-refractivity contribution in [2.24, 2.45) is 5.92 Å². The molecule has 1 aromatic carbocycles. The fourth-order valence-electron chi connectivity index (χ4n) is 2.34. The van der Waals surface area contributed by atoms with Crippen molar-refractivity contribution in [1.82, 2.24) is 4.98 Å². The van der Waals surface area contributed by atoms with Crippen LogP contribution in [0, 0.1) is 5.92 Å². The van der Waals surface area contributed by atoms with Crippen molar-refractivity contribution in [2.75, 3.05) is 18.5 Å². The first-order valence-electron chi connectivity index (χ1n) is 7.40. The molecule has 0 radical (unpaired) electrons. The number of aromatic nitrogens is 1. The van der Waals surface area contributed by atoms with Crippen molar-refractivity contribution in [1.29, 1.82) is 0 Å². The van der Waals surface area contributed by atoms with Gasteiger partial charge in [0.25, 0.3) is 0 Å². The molecule has 5 heteroatoms. The van der Waals surface area contributed by atoms with Crippen LogP contribution in [0.3, 0.4) is 0 Å². The molecule has 3 rings (SSSR count). The van der Waals surface area contributed by atoms with Gasteiger partial charge in [-0.05, 0) is 31.0 Å². The number of anilines is 1. The minimum Gasteiger partial charge on any atom is -0.439 e. The van der Waals surface area contributed by atoms with E-state index in [9.17, 15) is 4.79 Å². The van der Waals surface area contributed by atoms with Gasteiger partial charge >= 0.3 is 0 Å². The lowest BCUT2D eigenvalue weighted by Crippen LogP contribution is -2.28. The van der Waals surface area contributed by atoms with Gasteiger partial charge in [0, 0.05) is 25.2 Å². The molecule has 1 fully saturated rings. The normalized spacial score (nSPS) is 15.3. The highest BCUT2D eigenvalue weighted by atomic mass is 16.5. The molecule has 5 nitrogen and oxygen atoms in total. The number of carbonyl (C=O) groups is 1. The molecule has 1 aromatic heterocycles. The lowest BCUT2D eigenvalue weighted by molar-refractivity contribution is -0.122. The minimum atomic E-state index is -0.00680. The average Bonchev–Trinajstić information content (AvgIpc) is 2.57. The first-order valence-corrected chi connectivity index (χ1v) is 7.40. The Labute approximate surface area is 129 Å². The lowest BCUT2D eigenvalue weighted by Gasteiger charge is -2.21. The summed E-state index contributed by atoms with van der Waals surface area (Å²) in [6, 6.07) is 14.8. The average molecular weight is 298 g/mol. The summed E-state index contributed by atoms with van der Waals surface area (Å²) in [6.07, 6.45) is 1.51. The fraction of sp³-hybridized carbons (Fsp3) is 0.294. The summed E-state index contributed by atoms with van der Waals surface area (Å²) in [5.41, 5.74) is 0. The van der Waals surface area contributed by atoms with Crippen LogP contribution in [-0.4, -0.2) is 24.1 Å². The van der Waals surface area contributed by atoms with Gasteiger partial charge in [0.15, 0.2) is 0 Å². The van der Waals surface area contributed by atoms with Crippen LogP contribution < -0.4 is 10.1 Å². The van der Waals surface area contributed by atoms with Crippen molar-refractivity contribution in [2.45, 2.75) is 12.8 Å². The van der Waals surface area contributed by atoms with E-state index < -0.39 is 0 Å². The van der Waals surface area contributed by atoms with E-state index in [1.807, 2.05) is 36.4 Å². The molecule has 1 aliphatic heterocycles. The highest BCUT2D eigenvalue weighted by Gasteiger charge is 2.21. The van der Waals surface area contributed by atoms with E-state index in [0.29, 0.717) is 30.7 Å². The molecule has 0 spiro atoms. The van der Waals surface area contributed by atoms with Crippen LogP contribution in [0.5, 0.6) is 11.6 Å². The van der Waals surface area contributed by atoms with Crippen molar-refractivity contribution < 1.29 is 14.3 Å². The summed E-state index contributed by atoms with van der Waals surface area (Å²) in [6.45, 7) is 1.28. The minimum absolute atomic E-state index is 0.00533. The summed E-state index contributed by atoms with van der Waals surface area (Å²) in [4.78, 5) is 16.5. The standard InChI is InChI=1S/C17H18N2O3/c20-17(13-9-11-21-12-10-13)19-15-7-4-8-16(18-15)22-14-5-2-1-3-6-14/h1-8,13H,9-12H2,(H,18,19,20). The molecule has 22 heavy (non-hydrogen) atoms. The maximum absolute atomic E-state index is 12.2. The molecule has 0 atom stereocenters. The third-order valence-electron chi connectivity index (χ3n) is 3.53. The Morgan fingerprint density at radius 3 is 2.64 bits per heavy atom. The zero-order valence-electron chi connectivity index (χ0n) is 12.2. The summed E-state index contributed by atoms with van der Waals surface area (Å²) in [7, 11) is 0. The Morgan fingerprint density at radius 2 is 1.86 bits per heavy atom. The van der Waals surface area contributed by atoms with Crippen molar-refractivity contribution in [3.05, 3.63) is 48.5 Å². The predicted octanol–water partition coefficient (Wildman–Crippen LogP) is 3.24. The van der Waals surface area contributed by atoms with Crippen LogP contribution in [-0.2, 0) is 9.53 Å². The Bertz CT molecular complexity index is 625. The molecule has 2 heterocycles. The maximum atomic E-state index is 12.2. The lowest BCUT2D eigenvalue weighted by atomic mass is 9.99. The Balaban J connectivity index is 1.64. The van der Waals surface area contributed by atoms with Crippen LogP contribution >= 0.6 is 0 Å². The smallest absolute Gasteiger partial charge is 0.228 e. The molecule has 2 aromatic rings. The molecule has 0 aliphatic carbocycles. The van der Waals surface area contributed by atoms with Gasteiger partial charge in [0.05, 0.1) is 0 Å². The summed E-state index contributed by atoms with van der Waals surface area (Å²) >= 11 is 0. The van der Waals surface area contributed by atoms with E-state index in [1.165, 1.54) is 0 Å². The number of carbonyl (C=O) groups excluding carboxylic acids is 1. The molecule has 1 aliphatic rings. The number of nitrogens with zero attached hydrogens (tertiary/aromatic N) is 1. The van der Waals surface area contributed by atoms with E-state index in [1.54, 1.807) is 12.1 Å². The first kappa shape index (κ1) is 14.5. The van der Waals surface area contributed by atoms with Gasteiger partial charge in [-0.1, -0.05) is 24.3 Å². The van der Waals surface area contributed by atoms with E-state index in [2.05, 4.69) is 10.3 Å². The Morgan fingerprint density at radius 1 is 1.09 bits per heavy atom. The third-order valence-corrected chi connectivity index (χ3v) is 3.53. The quantitative estimate of drug-likeness (QED) is 0.941. The monoisotopic (exact) mass is 298 g/mol. The fourth-order valence-corrected chi connectivity index (χ4v) is 2.34. The maximum Gasteiger partial charge on any atom is 0.228 e. The number of nitrogens with one attached hydrogen (secondary N) is 1. The summed E-state index contributed by atoms with van der Waals surface area (Å²) in [5.74, 6) is 1.66. The van der Waals surface area contributed by atoms with Crippen molar-refractivity contribution in [3.8, 4) is 11.6 Å². The molecule has 0 unspecified atom stereocenters. The van der Waals surface area contributed by atoms with Gasteiger partial charge in [-0.2, -0.15) is 4.98 Å². The highest BCUT2D eigenvalue weighted by molar-refractivity contribution is 5.91. The first-order chi connectivity index (χ1) is 10.8. The van der Waals surface area contributed by atoms with Gasteiger partial charge in [-0.25, -0.2) is 0 Å². The number of amides is 1. The zero-order chi connectivity index (χ0) is 15.2. The second-order valence-corrected chi connectivity index (χ2v) is 5.15. The van der Waals surface area contributed by atoms with Crippen molar-refractivity contribution >= 4 is 11.7 Å². The number of pyridine rings is 1. The topological polar surface area (TPSA) is 60.5 Å². The van der Waals surface area contributed by atoms with Gasteiger partial charge < -0.3 is 14.8 Å². The number of hydrogen-bond acceptors (Lipinski definition) is 4. The summed E-state index contributed by atoms with van der Waals surface area (Å²) < 4.78 is 10.9. The van der Waals surface area contributed by atoms with Crippen LogP contribution in [0.15, 0.2) is 48.5 Å². The molecule has 1 amide bonds. The SMILES string of the molecule is O=C(Nc1cccc(Oc2ccccc2)n1)C1CCOCC1. The number of rotatable bonds is 4. The van der Waals surface area contributed by atoms with Crippen molar-refractivity contribution in [3.63, 3.8) is 0 Å². The van der Waals surface area contributed by atoms with E-state index in [0.717, 1.165) is 12.8 Å². The second-order valence-electron chi connectivity index (χ2n) is 5.15. The number of para-hydroxylation sites is 1. The number of ether oxygens (including phenoxy) is 2. The van der Waals surface area contributed by atoms with Gasteiger partial charge in [-0.3, -0.25) is 4.79 Å². The van der Waals surface area contributed by atoms with Crippen LogP contribution in [0.4, 0.5) is 5.82 Å². The molecule has 0 bridgehead atoms. The molecule has 1 N–H and O–H groups in total. The summed E-state index contributed by atoms with van der Waals surface area (Å²) in [5, 5.41) is 2.85. The van der Waals surface area contributed by atoms with Crippen LogP contribution in [0.25, 0.3) is 0 Å². The Kier molecular flexibility index (Phi) is 4.65. The zero-order valence-corrected chi connectivity index (χ0v) is 12.2. The van der Waals surface area contributed by atoms with E-state index in [4.69, 9.17) is 9.47 Å². The molecule has 1 saturated heterocycles. The molecular formula is C17H18N2O3. The van der Waals surface area contributed by atoms with Gasteiger partial charge in [-0.15, -0.1) is 0 Å². The number of hydrogen-bond donors (Lipinski definition) is 1. The number of benzene rings is 1. The largest absolute Gasteiger partial charge is 0.439 e. The molecular weight excluding hydrogens is 280 g/mol. The highest BCUT2D eigenvalue weighted by Crippen LogP contribution is 2.21. The predicted molar refractivity (Wildman–Crippen MR) is 82.9 cm³/mol. The third kappa shape index (κ3) is 3.83. The van der Waals surface area contributed by atoms with E-state index in [-0.39, 0.29) is 11.8 Å².